The second kappa shape index (κ2) is 9.73. The van der Waals surface area contributed by atoms with Crippen molar-refractivity contribution in [2.24, 2.45) is 0 Å². The molecule has 0 heterocycles. The van der Waals surface area contributed by atoms with Crippen LogP contribution in [0.25, 0.3) is 6.08 Å². The Morgan fingerprint density at radius 3 is 2.14 bits per heavy atom. The van der Waals surface area contributed by atoms with Gasteiger partial charge in [-0.15, -0.1) is 0 Å². The number of ketones is 1. The largest absolute Gasteiger partial charge is 0.289 e. The molecule has 0 aromatic heterocycles. The van der Waals surface area contributed by atoms with Crippen molar-refractivity contribution < 1.29 is 4.79 Å². The molecule has 0 fully saturated rings. The molecule has 2 rings (SSSR count). The molecule has 1 atom stereocenters. The molecule has 22 heavy (non-hydrogen) atoms. The molecule has 1 heteroatoms. The van der Waals surface area contributed by atoms with Crippen molar-refractivity contribution in [2.45, 2.75) is 41.0 Å². The quantitative estimate of drug-likeness (QED) is 0.463. The van der Waals surface area contributed by atoms with Gasteiger partial charge in [-0.2, -0.15) is 0 Å². The van der Waals surface area contributed by atoms with Gasteiger partial charge in [0.2, 0.25) is 0 Å². The highest BCUT2D eigenvalue weighted by atomic mass is 16.1. The molecule has 0 aliphatic rings. The van der Waals surface area contributed by atoms with E-state index in [0.29, 0.717) is 5.92 Å². The third-order valence-electron chi connectivity index (χ3n) is 3.60. The predicted octanol–water partition coefficient (Wildman–Crippen LogP) is 6.37. The smallest absolute Gasteiger partial charge is 0.185 e. The van der Waals surface area contributed by atoms with E-state index in [9.17, 15) is 4.79 Å². The fourth-order valence-electron chi connectivity index (χ4n) is 2.04. The minimum atomic E-state index is 0. The van der Waals surface area contributed by atoms with Crippen LogP contribution in [0.5, 0.6) is 0 Å². The van der Waals surface area contributed by atoms with Gasteiger partial charge in [0.05, 0.1) is 0 Å². The Hall–Kier alpha value is -2.15. The summed E-state index contributed by atoms with van der Waals surface area (Å²) < 4.78 is 0. The van der Waals surface area contributed by atoms with E-state index >= 15 is 0 Å². The van der Waals surface area contributed by atoms with Gasteiger partial charge >= 0.3 is 0 Å². The molecule has 0 aliphatic heterocycles. The summed E-state index contributed by atoms with van der Waals surface area (Å²) in [6.45, 7) is 4.37. The predicted molar refractivity (Wildman–Crippen MR) is 98.4 cm³/mol. The molecule has 0 spiro atoms. The molecule has 0 radical (unpaired) electrons. The molecule has 0 saturated heterocycles. The summed E-state index contributed by atoms with van der Waals surface area (Å²) in [4.78, 5) is 12.1. The van der Waals surface area contributed by atoms with Crippen LogP contribution < -0.4 is 0 Å². The van der Waals surface area contributed by atoms with Gasteiger partial charge in [-0.05, 0) is 29.5 Å². The zero-order valence-corrected chi connectivity index (χ0v) is 12.0. The minimum Gasteiger partial charge on any atom is -0.289 e. The first-order chi connectivity index (χ1) is 9.70. The highest BCUT2D eigenvalue weighted by Gasteiger charge is 2.05. The lowest BCUT2D eigenvalue weighted by Crippen LogP contribution is -1.96. The Morgan fingerprint density at radius 2 is 1.59 bits per heavy atom. The first-order valence-electron chi connectivity index (χ1n) is 7.08. The molecule has 0 saturated carbocycles. The van der Waals surface area contributed by atoms with Crippen LogP contribution in [0.4, 0.5) is 0 Å². The number of carbonyl (C=O) groups is 1. The number of benzene rings is 2. The molecule has 1 unspecified atom stereocenters. The van der Waals surface area contributed by atoms with Crippen molar-refractivity contribution in [3.8, 4) is 0 Å². The van der Waals surface area contributed by atoms with E-state index in [1.54, 1.807) is 6.08 Å². The Labute approximate surface area is 135 Å². The number of allylic oxidation sites excluding steroid dienone is 1. The van der Waals surface area contributed by atoms with Gasteiger partial charge in [0, 0.05) is 5.56 Å². The molecule has 0 N–H and O–H groups in total. The van der Waals surface area contributed by atoms with Crippen LogP contribution in [0.3, 0.4) is 0 Å². The molecule has 0 amide bonds. The zero-order valence-electron chi connectivity index (χ0n) is 12.0. The van der Waals surface area contributed by atoms with Crippen LogP contribution in [0.15, 0.2) is 60.7 Å². The van der Waals surface area contributed by atoms with Crippen molar-refractivity contribution in [3.05, 3.63) is 77.4 Å². The second-order valence-corrected chi connectivity index (χ2v) is 5.04. The maximum absolute atomic E-state index is 12.1. The van der Waals surface area contributed by atoms with E-state index < -0.39 is 0 Å². The SMILES string of the molecule is C.C.CCC(C)c1ccc(C(=O)C=Cc2ccccc2)cc1. The lowest BCUT2D eigenvalue weighted by molar-refractivity contribution is 0.104. The normalized spacial score (nSPS) is 11.4. The van der Waals surface area contributed by atoms with Gasteiger partial charge in [0.1, 0.15) is 0 Å². The molecular formula is C21H28O. The molecular weight excluding hydrogens is 268 g/mol. The number of hydrogen-bond donors (Lipinski definition) is 0. The van der Waals surface area contributed by atoms with Crippen LogP contribution in [0.2, 0.25) is 0 Å². The number of carbonyl (C=O) groups excluding carboxylic acids is 1. The first-order valence-corrected chi connectivity index (χ1v) is 7.08. The maximum Gasteiger partial charge on any atom is 0.185 e. The van der Waals surface area contributed by atoms with E-state index in [1.807, 2.05) is 48.5 Å². The van der Waals surface area contributed by atoms with Crippen LogP contribution in [0, 0.1) is 0 Å². The average molecular weight is 296 g/mol. The van der Waals surface area contributed by atoms with Crippen molar-refractivity contribution >= 4 is 11.9 Å². The fraction of sp³-hybridized carbons (Fsp3) is 0.286. The van der Waals surface area contributed by atoms with Crippen molar-refractivity contribution in [2.75, 3.05) is 0 Å². The summed E-state index contributed by atoms with van der Waals surface area (Å²) in [7, 11) is 0. The van der Waals surface area contributed by atoms with Gasteiger partial charge in [0.25, 0.3) is 0 Å². The third-order valence-corrected chi connectivity index (χ3v) is 3.60. The average Bonchev–Trinajstić information content (AvgIpc) is 2.53. The highest BCUT2D eigenvalue weighted by molar-refractivity contribution is 6.06. The molecule has 1 nitrogen and oxygen atoms in total. The standard InChI is InChI=1S/C19H20O.2CH4/c1-3-15(2)17-10-12-18(13-11-17)19(20)14-9-16-7-5-4-6-8-16;;/h4-15H,3H2,1-2H3;2*1H4. The first kappa shape index (κ1) is 19.9. The maximum atomic E-state index is 12.1. The lowest BCUT2D eigenvalue weighted by Gasteiger charge is -2.08. The van der Waals surface area contributed by atoms with E-state index in [0.717, 1.165) is 17.5 Å². The molecule has 2 aromatic rings. The summed E-state index contributed by atoms with van der Waals surface area (Å²) in [6.07, 6.45) is 4.60. The van der Waals surface area contributed by atoms with Crippen molar-refractivity contribution in [3.63, 3.8) is 0 Å². The summed E-state index contributed by atoms with van der Waals surface area (Å²) in [5.41, 5.74) is 3.07. The molecule has 2 aromatic carbocycles. The number of rotatable bonds is 5. The topological polar surface area (TPSA) is 17.1 Å². The lowest BCUT2D eigenvalue weighted by atomic mass is 9.97. The van der Waals surface area contributed by atoms with E-state index in [1.165, 1.54) is 5.56 Å². The van der Waals surface area contributed by atoms with Crippen molar-refractivity contribution in [1.29, 1.82) is 0 Å². The van der Waals surface area contributed by atoms with Gasteiger partial charge in [-0.25, -0.2) is 0 Å². The highest BCUT2D eigenvalue weighted by Crippen LogP contribution is 2.19. The van der Waals surface area contributed by atoms with Crippen LogP contribution >= 0.6 is 0 Å². The van der Waals surface area contributed by atoms with Gasteiger partial charge < -0.3 is 0 Å². The molecule has 0 aliphatic carbocycles. The summed E-state index contributed by atoms with van der Waals surface area (Å²) in [6, 6.07) is 17.8. The molecule has 118 valence electrons. The monoisotopic (exact) mass is 296 g/mol. The minimum absolute atomic E-state index is 0. The Balaban J connectivity index is 0.00000220. The zero-order chi connectivity index (χ0) is 14.4. The number of hydrogen-bond acceptors (Lipinski definition) is 1. The Kier molecular flexibility index (Phi) is 8.78. The van der Waals surface area contributed by atoms with E-state index in [4.69, 9.17) is 0 Å². The van der Waals surface area contributed by atoms with E-state index in [-0.39, 0.29) is 20.6 Å². The third kappa shape index (κ3) is 5.33. The van der Waals surface area contributed by atoms with Crippen LogP contribution in [-0.2, 0) is 0 Å². The van der Waals surface area contributed by atoms with Crippen molar-refractivity contribution in [1.82, 2.24) is 0 Å². The van der Waals surface area contributed by atoms with Gasteiger partial charge in [0.15, 0.2) is 5.78 Å². The summed E-state index contributed by atoms with van der Waals surface area (Å²) >= 11 is 0. The Morgan fingerprint density at radius 1 is 1.00 bits per heavy atom. The molecule has 0 bridgehead atoms. The van der Waals surface area contributed by atoms with Crippen LogP contribution in [0.1, 0.15) is 62.5 Å². The Bertz CT molecular complexity index is 579. The summed E-state index contributed by atoms with van der Waals surface area (Å²) in [5, 5.41) is 0. The van der Waals surface area contributed by atoms with Gasteiger partial charge in [-0.3, -0.25) is 4.79 Å². The van der Waals surface area contributed by atoms with Crippen LogP contribution in [-0.4, -0.2) is 5.78 Å². The van der Waals surface area contributed by atoms with Gasteiger partial charge in [-0.1, -0.05) is 89.4 Å². The summed E-state index contributed by atoms with van der Waals surface area (Å²) in [5.74, 6) is 0.587. The van der Waals surface area contributed by atoms with E-state index in [2.05, 4.69) is 26.0 Å². The fourth-order valence-corrected chi connectivity index (χ4v) is 2.04. The second-order valence-electron chi connectivity index (χ2n) is 5.04.